The number of nitrogens with one attached hydrogen (secondary N) is 1. The van der Waals surface area contributed by atoms with Crippen LogP contribution in [0.1, 0.15) is 33.3 Å². The molecule has 2 heterocycles. The minimum atomic E-state index is -0.414. The van der Waals surface area contributed by atoms with Crippen LogP contribution in [0.4, 0.5) is 0 Å². The average molecular weight is 285 g/mol. The number of aromatic amines is 1. The number of fused-ring (bicyclic) bond motifs is 1. The molecule has 2 aromatic rings. The van der Waals surface area contributed by atoms with E-state index in [0.717, 1.165) is 21.9 Å². The summed E-state index contributed by atoms with van der Waals surface area (Å²) in [6, 6.07) is 7.36. The Morgan fingerprint density at radius 3 is 2.19 bits per heavy atom. The fourth-order valence-corrected chi connectivity index (χ4v) is 2.61. The number of rotatable bonds is 1. The Morgan fingerprint density at radius 1 is 1.00 bits per heavy atom. The standard InChI is InChI=1S/C16H20BNO3/c1-10-12(17-20-15(2,3)16(4,5)21-17)8-6-11-7-9-13(19)18-14(10)11/h6-9H,1-5H3,(H,18,19). The summed E-state index contributed by atoms with van der Waals surface area (Å²) in [7, 11) is -0.414. The van der Waals surface area contributed by atoms with Crippen LogP contribution in [-0.2, 0) is 9.31 Å². The maximum Gasteiger partial charge on any atom is 0.495 e. The summed E-state index contributed by atoms with van der Waals surface area (Å²) in [5, 5.41) is 1.01. The third kappa shape index (κ3) is 2.21. The highest BCUT2D eigenvalue weighted by Crippen LogP contribution is 2.36. The molecule has 0 unspecified atom stereocenters. The van der Waals surface area contributed by atoms with Crippen molar-refractivity contribution in [2.75, 3.05) is 0 Å². The molecule has 1 saturated heterocycles. The highest BCUT2D eigenvalue weighted by atomic mass is 16.7. The predicted octanol–water partition coefficient (Wildman–Crippen LogP) is 2.14. The van der Waals surface area contributed by atoms with Crippen LogP contribution in [0.2, 0.25) is 0 Å². The van der Waals surface area contributed by atoms with Gasteiger partial charge in [-0.25, -0.2) is 0 Å². The minimum Gasteiger partial charge on any atom is -0.399 e. The lowest BCUT2D eigenvalue weighted by atomic mass is 9.75. The highest BCUT2D eigenvalue weighted by molar-refractivity contribution is 6.63. The first-order valence-corrected chi connectivity index (χ1v) is 7.19. The van der Waals surface area contributed by atoms with Gasteiger partial charge in [0.25, 0.3) is 0 Å². The molecule has 0 radical (unpaired) electrons. The number of hydrogen-bond donors (Lipinski definition) is 1. The van der Waals surface area contributed by atoms with Gasteiger partial charge in [0.05, 0.1) is 16.7 Å². The fraction of sp³-hybridized carbons (Fsp3) is 0.438. The molecule has 3 rings (SSSR count). The van der Waals surface area contributed by atoms with Crippen LogP contribution in [-0.4, -0.2) is 23.3 Å². The van der Waals surface area contributed by atoms with E-state index in [1.807, 2.05) is 52.8 Å². The van der Waals surface area contributed by atoms with Crippen LogP contribution in [0.15, 0.2) is 29.1 Å². The second-order valence-electron chi connectivity index (χ2n) is 6.65. The van der Waals surface area contributed by atoms with Crippen LogP contribution in [0.25, 0.3) is 10.9 Å². The predicted molar refractivity (Wildman–Crippen MR) is 85.0 cm³/mol. The van der Waals surface area contributed by atoms with E-state index in [9.17, 15) is 4.79 Å². The van der Waals surface area contributed by atoms with Gasteiger partial charge in [0, 0.05) is 6.07 Å². The Kier molecular flexibility index (Phi) is 3.04. The molecule has 0 spiro atoms. The lowest BCUT2D eigenvalue weighted by Crippen LogP contribution is -2.41. The summed E-state index contributed by atoms with van der Waals surface area (Å²) in [5.41, 5.74) is 1.95. The maximum absolute atomic E-state index is 11.6. The van der Waals surface area contributed by atoms with Gasteiger partial charge in [-0.2, -0.15) is 0 Å². The van der Waals surface area contributed by atoms with Crippen molar-refractivity contribution in [3.8, 4) is 0 Å². The van der Waals surface area contributed by atoms with Crippen molar-refractivity contribution in [1.82, 2.24) is 4.98 Å². The molecular weight excluding hydrogens is 265 g/mol. The SMILES string of the molecule is Cc1c(B2OC(C)(C)C(C)(C)O2)ccc2ccc(=O)[nH]c12. The van der Waals surface area contributed by atoms with Gasteiger partial charge < -0.3 is 14.3 Å². The molecule has 0 bridgehead atoms. The number of aromatic nitrogens is 1. The Balaban J connectivity index is 2.10. The lowest BCUT2D eigenvalue weighted by molar-refractivity contribution is 0.00578. The monoisotopic (exact) mass is 285 g/mol. The van der Waals surface area contributed by atoms with E-state index in [1.54, 1.807) is 0 Å². The summed E-state index contributed by atoms with van der Waals surface area (Å²) < 4.78 is 12.2. The highest BCUT2D eigenvalue weighted by Gasteiger charge is 2.52. The topological polar surface area (TPSA) is 51.3 Å². The van der Waals surface area contributed by atoms with Crippen molar-refractivity contribution in [3.63, 3.8) is 0 Å². The fourth-order valence-electron chi connectivity index (χ4n) is 2.61. The van der Waals surface area contributed by atoms with Crippen molar-refractivity contribution in [1.29, 1.82) is 0 Å². The second-order valence-corrected chi connectivity index (χ2v) is 6.65. The van der Waals surface area contributed by atoms with Crippen LogP contribution < -0.4 is 11.0 Å². The molecule has 4 nitrogen and oxygen atoms in total. The van der Waals surface area contributed by atoms with E-state index in [1.165, 1.54) is 6.07 Å². The first-order chi connectivity index (χ1) is 9.71. The molecule has 0 saturated carbocycles. The first kappa shape index (κ1) is 14.4. The van der Waals surface area contributed by atoms with Crippen LogP contribution in [0, 0.1) is 6.92 Å². The summed E-state index contributed by atoms with van der Waals surface area (Å²) in [6.45, 7) is 10.1. The Bertz CT molecular complexity index is 748. The Labute approximate surface area is 124 Å². The second kappa shape index (κ2) is 4.45. The maximum atomic E-state index is 11.6. The number of hydrogen-bond acceptors (Lipinski definition) is 3. The van der Waals surface area contributed by atoms with Crippen LogP contribution >= 0.6 is 0 Å². The van der Waals surface area contributed by atoms with Crippen molar-refractivity contribution >= 4 is 23.5 Å². The van der Waals surface area contributed by atoms with Gasteiger partial charge >= 0.3 is 7.12 Å². The minimum absolute atomic E-state index is 0.100. The van der Waals surface area contributed by atoms with Gasteiger partial charge in [-0.1, -0.05) is 12.1 Å². The number of pyridine rings is 1. The van der Waals surface area contributed by atoms with Gasteiger partial charge in [-0.3, -0.25) is 4.79 Å². The quantitative estimate of drug-likeness (QED) is 0.817. The molecule has 0 atom stereocenters. The third-order valence-electron chi connectivity index (χ3n) is 4.71. The third-order valence-corrected chi connectivity index (χ3v) is 4.71. The van der Waals surface area contributed by atoms with Crippen molar-refractivity contribution in [2.24, 2.45) is 0 Å². The molecule has 1 aromatic carbocycles. The van der Waals surface area contributed by atoms with E-state index >= 15 is 0 Å². The molecule has 0 aliphatic carbocycles. The molecule has 1 N–H and O–H groups in total. The van der Waals surface area contributed by atoms with Crippen molar-refractivity contribution in [3.05, 3.63) is 40.2 Å². The number of aryl methyl sites for hydroxylation is 1. The molecule has 5 heteroatoms. The molecule has 110 valence electrons. The van der Waals surface area contributed by atoms with E-state index in [-0.39, 0.29) is 16.8 Å². The van der Waals surface area contributed by atoms with Gasteiger partial charge in [-0.05, 0) is 57.1 Å². The molecule has 1 aliphatic rings. The summed E-state index contributed by atoms with van der Waals surface area (Å²) >= 11 is 0. The molecular formula is C16H20BNO3. The van der Waals surface area contributed by atoms with Gasteiger partial charge in [0.1, 0.15) is 0 Å². The Hall–Kier alpha value is -1.59. The molecule has 1 aromatic heterocycles. The van der Waals surface area contributed by atoms with Gasteiger partial charge in [0.2, 0.25) is 5.56 Å². The zero-order valence-corrected chi connectivity index (χ0v) is 13.1. The zero-order chi connectivity index (χ0) is 15.4. The number of benzene rings is 1. The van der Waals surface area contributed by atoms with E-state index in [4.69, 9.17) is 9.31 Å². The largest absolute Gasteiger partial charge is 0.495 e. The first-order valence-electron chi connectivity index (χ1n) is 7.19. The molecule has 1 fully saturated rings. The van der Waals surface area contributed by atoms with Crippen LogP contribution in [0.3, 0.4) is 0 Å². The van der Waals surface area contributed by atoms with Crippen LogP contribution in [0.5, 0.6) is 0 Å². The Morgan fingerprint density at radius 2 is 1.57 bits per heavy atom. The zero-order valence-electron chi connectivity index (χ0n) is 13.1. The summed E-state index contributed by atoms with van der Waals surface area (Å²) in [5.74, 6) is 0. The van der Waals surface area contributed by atoms with E-state index in [2.05, 4.69) is 4.98 Å². The normalized spacial score (nSPS) is 20.1. The lowest BCUT2D eigenvalue weighted by Gasteiger charge is -2.32. The molecule has 1 aliphatic heterocycles. The molecule has 0 amide bonds. The average Bonchev–Trinajstić information content (AvgIpc) is 2.59. The van der Waals surface area contributed by atoms with E-state index < -0.39 is 7.12 Å². The van der Waals surface area contributed by atoms with Crippen molar-refractivity contribution < 1.29 is 9.31 Å². The number of H-pyrrole nitrogens is 1. The van der Waals surface area contributed by atoms with Crippen molar-refractivity contribution in [2.45, 2.75) is 45.8 Å². The van der Waals surface area contributed by atoms with E-state index in [0.29, 0.717) is 0 Å². The van der Waals surface area contributed by atoms with Gasteiger partial charge in [-0.15, -0.1) is 0 Å². The summed E-state index contributed by atoms with van der Waals surface area (Å²) in [4.78, 5) is 14.5. The smallest absolute Gasteiger partial charge is 0.399 e. The van der Waals surface area contributed by atoms with Gasteiger partial charge in [0.15, 0.2) is 0 Å². The summed E-state index contributed by atoms with van der Waals surface area (Å²) in [6.07, 6.45) is 0. The molecule has 21 heavy (non-hydrogen) atoms.